The second kappa shape index (κ2) is 18.5. The number of aryl methyl sites for hydroxylation is 1. The van der Waals surface area contributed by atoms with Crippen LogP contribution in [0.4, 0.5) is 0 Å². The minimum Gasteiger partial charge on any atom is -0.467 e. The highest BCUT2D eigenvalue weighted by atomic mass is 16.7. The minimum absolute atomic E-state index is 0.303. The Morgan fingerprint density at radius 1 is 0.769 bits per heavy atom. The lowest BCUT2D eigenvalue weighted by Crippen LogP contribution is -2.20. The molecule has 0 heterocycles. The van der Waals surface area contributed by atoms with E-state index in [1.165, 1.54) is 74.5 Å². The lowest BCUT2D eigenvalue weighted by Gasteiger charge is -2.24. The smallest absolute Gasteiger partial charge is 0.189 e. The van der Waals surface area contributed by atoms with E-state index in [1.54, 1.807) is 0 Å². The first-order valence-corrected chi connectivity index (χ1v) is 16.0. The molecule has 2 fully saturated rings. The zero-order chi connectivity index (χ0) is 27.7. The van der Waals surface area contributed by atoms with Crippen molar-refractivity contribution in [3.05, 3.63) is 46.6 Å². The van der Waals surface area contributed by atoms with Crippen LogP contribution in [0.2, 0.25) is 0 Å². The monoisotopic (exact) mass is 540 g/mol. The molecule has 3 rings (SSSR count). The third-order valence-corrected chi connectivity index (χ3v) is 8.18. The van der Waals surface area contributed by atoms with E-state index in [1.807, 2.05) is 0 Å². The van der Waals surface area contributed by atoms with Crippen LogP contribution < -0.4 is 9.47 Å². The van der Waals surface area contributed by atoms with Gasteiger partial charge in [-0.1, -0.05) is 81.6 Å². The third-order valence-electron chi connectivity index (χ3n) is 8.18. The average Bonchev–Trinajstić information content (AvgIpc) is 2.93. The van der Waals surface area contributed by atoms with E-state index in [-0.39, 0.29) is 0 Å². The molecule has 2 aliphatic carbocycles. The van der Waals surface area contributed by atoms with Crippen LogP contribution in [0.15, 0.2) is 35.4 Å². The number of allylic oxidation sites excluding steroid dienone is 4. The van der Waals surface area contributed by atoms with Gasteiger partial charge >= 0.3 is 0 Å². The largest absolute Gasteiger partial charge is 0.467 e. The maximum Gasteiger partial charge on any atom is 0.189 e. The minimum atomic E-state index is 0.303. The molecule has 0 saturated heterocycles. The van der Waals surface area contributed by atoms with Crippen molar-refractivity contribution in [1.29, 1.82) is 0 Å². The van der Waals surface area contributed by atoms with Gasteiger partial charge in [-0.25, -0.2) is 0 Å². The molecule has 0 amide bonds. The lowest BCUT2D eigenvalue weighted by molar-refractivity contribution is -0.0528. The normalized spacial score (nSPS) is 17.3. The zero-order valence-corrected chi connectivity index (χ0v) is 25.5. The first kappa shape index (κ1) is 31.7. The molecule has 39 heavy (non-hydrogen) atoms. The van der Waals surface area contributed by atoms with Crippen LogP contribution in [0.25, 0.3) is 0 Å². The SMILES string of the molecule is CCCCCc1cc(OCOC2CCCCC2)c(CC=C(C)CCC=C(C)C)c(OCOC2CCCCC2)c1. The highest BCUT2D eigenvalue weighted by molar-refractivity contribution is 5.49. The Morgan fingerprint density at radius 2 is 1.33 bits per heavy atom. The Hall–Kier alpha value is -1.78. The van der Waals surface area contributed by atoms with Gasteiger partial charge in [-0.15, -0.1) is 0 Å². The van der Waals surface area contributed by atoms with E-state index >= 15 is 0 Å². The molecule has 0 spiro atoms. The summed E-state index contributed by atoms with van der Waals surface area (Å²) in [5.74, 6) is 1.81. The Morgan fingerprint density at radius 3 is 1.85 bits per heavy atom. The molecule has 0 N–H and O–H groups in total. The summed E-state index contributed by atoms with van der Waals surface area (Å²) >= 11 is 0. The summed E-state index contributed by atoms with van der Waals surface area (Å²) in [7, 11) is 0. The second-order valence-electron chi connectivity index (χ2n) is 12.0. The van der Waals surface area contributed by atoms with Gasteiger partial charge in [0.2, 0.25) is 0 Å². The summed E-state index contributed by atoms with van der Waals surface area (Å²) in [6.07, 6.45) is 25.2. The molecule has 0 unspecified atom stereocenters. The molecule has 2 aliphatic rings. The van der Waals surface area contributed by atoms with Crippen LogP contribution in [0.1, 0.15) is 135 Å². The van der Waals surface area contributed by atoms with Crippen LogP contribution in [-0.2, 0) is 22.3 Å². The highest BCUT2D eigenvalue weighted by Crippen LogP contribution is 2.34. The van der Waals surface area contributed by atoms with Gasteiger partial charge in [-0.05, 0) is 96.3 Å². The molecule has 0 aromatic heterocycles. The molecule has 4 heteroatoms. The maximum atomic E-state index is 6.39. The van der Waals surface area contributed by atoms with Crippen LogP contribution >= 0.6 is 0 Å². The van der Waals surface area contributed by atoms with Gasteiger partial charge < -0.3 is 18.9 Å². The molecule has 0 atom stereocenters. The van der Waals surface area contributed by atoms with Crippen molar-refractivity contribution < 1.29 is 18.9 Å². The van der Waals surface area contributed by atoms with Crippen LogP contribution in [0.5, 0.6) is 11.5 Å². The Balaban J connectivity index is 1.76. The van der Waals surface area contributed by atoms with E-state index in [0.29, 0.717) is 25.8 Å². The molecular formula is C35H56O4. The molecule has 220 valence electrons. The van der Waals surface area contributed by atoms with Gasteiger partial charge in [0.1, 0.15) is 11.5 Å². The maximum absolute atomic E-state index is 6.39. The predicted octanol–water partition coefficient (Wildman–Crippen LogP) is 10.0. The molecular weight excluding hydrogens is 484 g/mol. The third kappa shape index (κ3) is 12.5. The Kier molecular flexibility index (Phi) is 15.1. The van der Waals surface area contributed by atoms with Crippen molar-refractivity contribution in [1.82, 2.24) is 0 Å². The first-order valence-electron chi connectivity index (χ1n) is 16.0. The van der Waals surface area contributed by atoms with Gasteiger partial charge in [-0.3, -0.25) is 0 Å². The van der Waals surface area contributed by atoms with E-state index in [9.17, 15) is 0 Å². The van der Waals surface area contributed by atoms with Gasteiger partial charge in [0.05, 0.1) is 12.2 Å². The molecule has 0 radical (unpaired) electrons. The quantitative estimate of drug-likeness (QED) is 0.112. The van der Waals surface area contributed by atoms with Gasteiger partial charge in [-0.2, -0.15) is 0 Å². The van der Waals surface area contributed by atoms with Crippen molar-refractivity contribution in [3.63, 3.8) is 0 Å². The molecule has 0 bridgehead atoms. The van der Waals surface area contributed by atoms with Crippen molar-refractivity contribution in [3.8, 4) is 11.5 Å². The summed E-state index contributed by atoms with van der Waals surface area (Å²) in [6.45, 7) is 9.42. The predicted molar refractivity (Wildman–Crippen MR) is 163 cm³/mol. The van der Waals surface area contributed by atoms with E-state index < -0.39 is 0 Å². The number of hydrogen-bond donors (Lipinski definition) is 0. The van der Waals surface area contributed by atoms with E-state index in [4.69, 9.17) is 18.9 Å². The summed E-state index contributed by atoms with van der Waals surface area (Å²) in [5.41, 5.74) is 5.16. The molecule has 4 nitrogen and oxygen atoms in total. The lowest BCUT2D eigenvalue weighted by atomic mass is 9.98. The first-order chi connectivity index (χ1) is 19.0. The summed E-state index contributed by atoms with van der Waals surface area (Å²) in [4.78, 5) is 0. The summed E-state index contributed by atoms with van der Waals surface area (Å²) in [5, 5.41) is 0. The van der Waals surface area contributed by atoms with Crippen molar-refractivity contribution in [2.75, 3.05) is 13.6 Å². The van der Waals surface area contributed by atoms with Crippen LogP contribution in [0, 0.1) is 0 Å². The second-order valence-corrected chi connectivity index (χ2v) is 12.0. The summed E-state index contributed by atoms with van der Waals surface area (Å²) in [6, 6.07) is 4.47. The molecule has 2 saturated carbocycles. The highest BCUT2D eigenvalue weighted by Gasteiger charge is 2.18. The van der Waals surface area contributed by atoms with Crippen molar-refractivity contribution in [2.45, 2.75) is 149 Å². The van der Waals surface area contributed by atoms with E-state index in [2.05, 4.69) is 52.0 Å². The summed E-state index contributed by atoms with van der Waals surface area (Å²) < 4.78 is 25.1. The Bertz CT molecular complexity index is 826. The molecule has 1 aromatic carbocycles. The number of benzene rings is 1. The van der Waals surface area contributed by atoms with Gasteiger partial charge in [0.15, 0.2) is 13.6 Å². The number of rotatable bonds is 17. The number of hydrogen-bond acceptors (Lipinski definition) is 4. The van der Waals surface area contributed by atoms with Gasteiger partial charge in [0, 0.05) is 5.56 Å². The van der Waals surface area contributed by atoms with Crippen molar-refractivity contribution >= 4 is 0 Å². The fourth-order valence-electron chi connectivity index (χ4n) is 5.67. The number of unbranched alkanes of at least 4 members (excludes halogenated alkanes) is 2. The van der Waals surface area contributed by atoms with Crippen LogP contribution in [-0.4, -0.2) is 25.8 Å². The van der Waals surface area contributed by atoms with E-state index in [0.717, 1.165) is 68.4 Å². The van der Waals surface area contributed by atoms with Crippen molar-refractivity contribution in [2.24, 2.45) is 0 Å². The molecule has 0 aliphatic heterocycles. The van der Waals surface area contributed by atoms with Gasteiger partial charge in [0.25, 0.3) is 0 Å². The zero-order valence-electron chi connectivity index (χ0n) is 25.5. The molecule has 1 aromatic rings. The Labute approximate surface area is 239 Å². The fraction of sp³-hybridized carbons (Fsp3) is 0.714. The fourth-order valence-corrected chi connectivity index (χ4v) is 5.67. The standard InChI is InChI=1S/C35H56O4/c1-5-6-9-17-30-24-34(38-26-36-31-18-10-7-11-19-31)33(23-22-29(4)16-14-15-28(2)3)35(25-30)39-27-37-32-20-12-8-13-21-32/h15,22,24-25,31-32H,5-14,16-21,23,26-27H2,1-4H3. The average molecular weight is 541 g/mol. The number of ether oxygens (including phenoxy) is 4. The van der Waals surface area contributed by atoms with Crippen LogP contribution in [0.3, 0.4) is 0 Å². The topological polar surface area (TPSA) is 36.9 Å².